The van der Waals surface area contributed by atoms with Gasteiger partial charge in [-0.25, -0.2) is 0 Å². The van der Waals surface area contributed by atoms with E-state index in [1.54, 1.807) is 13.0 Å². The number of anilines is 1. The molecule has 4 heteroatoms. The van der Waals surface area contributed by atoms with Gasteiger partial charge in [0.15, 0.2) is 0 Å². The second-order valence-corrected chi connectivity index (χ2v) is 4.88. The van der Waals surface area contributed by atoms with Crippen LogP contribution in [-0.2, 0) is 16.0 Å². The van der Waals surface area contributed by atoms with Gasteiger partial charge in [0.05, 0.1) is 12.2 Å². The third-order valence-electron chi connectivity index (χ3n) is 3.41. The number of rotatable bonds is 2. The Balaban J connectivity index is 2.42. The van der Waals surface area contributed by atoms with Crippen LogP contribution in [0.2, 0.25) is 0 Å². The number of nitrogens with two attached hydrogens (primary N) is 1. The first kappa shape index (κ1) is 14.3. The molecule has 1 aromatic carbocycles. The highest BCUT2D eigenvalue weighted by molar-refractivity contribution is 6.21. The Kier molecular flexibility index (Phi) is 4.21. The molecule has 1 fully saturated rings. The van der Waals surface area contributed by atoms with Crippen molar-refractivity contribution >= 4 is 17.5 Å². The Bertz CT molecular complexity index is 611. The number of amides is 2. The molecule has 2 N–H and O–H groups in total. The molecule has 0 bridgehead atoms. The van der Waals surface area contributed by atoms with Crippen molar-refractivity contribution in [1.82, 2.24) is 0 Å². The molecule has 1 aliphatic heterocycles. The summed E-state index contributed by atoms with van der Waals surface area (Å²) < 4.78 is 0. The molecule has 4 nitrogen and oxygen atoms in total. The Morgan fingerprint density at radius 2 is 2.15 bits per heavy atom. The fourth-order valence-corrected chi connectivity index (χ4v) is 2.35. The van der Waals surface area contributed by atoms with Crippen LogP contribution < -0.4 is 10.6 Å². The Labute approximate surface area is 118 Å². The van der Waals surface area contributed by atoms with E-state index in [2.05, 4.69) is 11.8 Å². The summed E-state index contributed by atoms with van der Waals surface area (Å²) in [6.45, 7) is 4.09. The fourth-order valence-electron chi connectivity index (χ4n) is 2.35. The maximum atomic E-state index is 12.1. The molecule has 1 heterocycles. The average molecular weight is 270 g/mol. The standard InChI is InChI=1S/C16H18N2O2/c1-3-13-10-12(5-4-8-17)6-7-14(13)18-15(19)9-11(2)16(18)20/h6-7,10-11H,3,8-9,17H2,1-2H3. The van der Waals surface area contributed by atoms with E-state index in [4.69, 9.17) is 5.73 Å². The predicted octanol–water partition coefficient (Wildman–Crippen LogP) is 1.46. The molecule has 0 aliphatic carbocycles. The van der Waals surface area contributed by atoms with Crippen LogP contribution in [0.1, 0.15) is 31.4 Å². The van der Waals surface area contributed by atoms with Gasteiger partial charge < -0.3 is 5.73 Å². The van der Waals surface area contributed by atoms with Gasteiger partial charge in [0, 0.05) is 17.9 Å². The molecule has 2 rings (SSSR count). The van der Waals surface area contributed by atoms with Crippen LogP contribution in [0.3, 0.4) is 0 Å². The van der Waals surface area contributed by atoms with Gasteiger partial charge in [-0.2, -0.15) is 0 Å². The summed E-state index contributed by atoms with van der Waals surface area (Å²) in [6.07, 6.45) is 1.02. The predicted molar refractivity (Wildman–Crippen MR) is 78.0 cm³/mol. The van der Waals surface area contributed by atoms with Crippen LogP contribution in [0.25, 0.3) is 0 Å². The van der Waals surface area contributed by atoms with Crippen molar-refractivity contribution in [2.45, 2.75) is 26.7 Å². The molecule has 0 aromatic heterocycles. The zero-order valence-corrected chi connectivity index (χ0v) is 11.8. The van der Waals surface area contributed by atoms with Crippen molar-refractivity contribution in [2.24, 2.45) is 11.7 Å². The molecule has 1 aliphatic rings. The molecule has 1 aromatic rings. The SMILES string of the molecule is CCc1cc(C#CCN)ccc1N1C(=O)CC(C)C1=O. The normalized spacial score (nSPS) is 18.1. The summed E-state index contributed by atoms with van der Waals surface area (Å²) in [7, 11) is 0. The molecule has 0 spiro atoms. The third kappa shape index (κ3) is 2.59. The van der Waals surface area contributed by atoms with Crippen LogP contribution in [0, 0.1) is 17.8 Å². The van der Waals surface area contributed by atoms with Crippen molar-refractivity contribution in [3.05, 3.63) is 29.3 Å². The summed E-state index contributed by atoms with van der Waals surface area (Å²) in [5, 5.41) is 0. The highest BCUT2D eigenvalue weighted by Gasteiger charge is 2.37. The summed E-state index contributed by atoms with van der Waals surface area (Å²) >= 11 is 0. The lowest BCUT2D eigenvalue weighted by molar-refractivity contribution is -0.122. The summed E-state index contributed by atoms with van der Waals surface area (Å²) in [5.41, 5.74) is 7.84. The van der Waals surface area contributed by atoms with Crippen LogP contribution >= 0.6 is 0 Å². The fraction of sp³-hybridized carbons (Fsp3) is 0.375. The van der Waals surface area contributed by atoms with E-state index >= 15 is 0 Å². The lowest BCUT2D eigenvalue weighted by Gasteiger charge is -2.18. The molecule has 2 amide bonds. The van der Waals surface area contributed by atoms with Crippen molar-refractivity contribution in [3.8, 4) is 11.8 Å². The van der Waals surface area contributed by atoms with Gasteiger partial charge in [-0.3, -0.25) is 14.5 Å². The van der Waals surface area contributed by atoms with E-state index in [9.17, 15) is 9.59 Å². The minimum Gasteiger partial charge on any atom is -0.320 e. The average Bonchev–Trinajstić information content (AvgIpc) is 2.70. The van der Waals surface area contributed by atoms with Crippen molar-refractivity contribution < 1.29 is 9.59 Å². The van der Waals surface area contributed by atoms with Gasteiger partial charge in [-0.15, -0.1) is 0 Å². The van der Waals surface area contributed by atoms with Gasteiger partial charge in [0.1, 0.15) is 0 Å². The number of hydrogen-bond acceptors (Lipinski definition) is 3. The zero-order chi connectivity index (χ0) is 14.7. The summed E-state index contributed by atoms with van der Waals surface area (Å²) in [6, 6.07) is 5.54. The van der Waals surface area contributed by atoms with Gasteiger partial charge in [0.2, 0.25) is 11.8 Å². The van der Waals surface area contributed by atoms with Gasteiger partial charge in [-0.1, -0.05) is 25.7 Å². The van der Waals surface area contributed by atoms with E-state index in [0.29, 0.717) is 12.2 Å². The minimum absolute atomic E-state index is 0.120. The maximum Gasteiger partial charge on any atom is 0.237 e. The van der Waals surface area contributed by atoms with E-state index in [1.165, 1.54) is 4.90 Å². The lowest BCUT2D eigenvalue weighted by atomic mass is 10.1. The molecular weight excluding hydrogens is 252 g/mol. The maximum absolute atomic E-state index is 12.1. The number of hydrogen-bond donors (Lipinski definition) is 1. The van der Waals surface area contributed by atoms with Gasteiger partial charge in [0.25, 0.3) is 0 Å². The molecule has 0 saturated carbocycles. The highest BCUT2D eigenvalue weighted by atomic mass is 16.2. The van der Waals surface area contributed by atoms with Gasteiger partial charge in [-0.05, 0) is 30.2 Å². The van der Waals surface area contributed by atoms with E-state index in [1.807, 2.05) is 19.1 Å². The molecule has 20 heavy (non-hydrogen) atoms. The second-order valence-electron chi connectivity index (χ2n) is 4.88. The van der Waals surface area contributed by atoms with Crippen molar-refractivity contribution in [2.75, 3.05) is 11.4 Å². The monoisotopic (exact) mass is 270 g/mol. The zero-order valence-electron chi connectivity index (χ0n) is 11.8. The molecular formula is C16H18N2O2. The Morgan fingerprint density at radius 1 is 1.40 bits per heavy atom. The summed E-state index contributed by atoms with van der Waals surface area (Å²) in [5.74, 6) is 5.29. The number of aryl methyl sites for hydroxylation is 1. The molecule has 1 atom stereocenters. The van der Waals surface area contributed by atoms with Gasteiger partial charge >= 0.3 is 0 Å². The van der Waals surface area contributed by atoms with Crippen molar-refractivity contribution in [1.29, 1.82) is 0 Å². The van der Waals surface area contributed by atoms with Crippen molar-refractivity contribution in [3.63, 3.8) is 0 Å². The van der Waals surface area contributed by atoms with E-state index < -0.39 is 0 Å². The number of benzene rings is 1. The van der Waals surface area contributed by atoms with Crippen LogP contribution in [-0.4, -0.2) is 18.4 Å². The molecule has 1 saturated heterocycles. The van der Waals surface area contributed by atoms with E-state index in [-0.39, 0.29) is 24.2 Å². The molecule has 0 radical (unpaired) electrons. The van der Waals surface area contributed by atoms with E-state index in [0.717, 1.165) is 17.5 Å². The number of carbonyl (C=O) groups excluding carboxylic acids is 2. The van der Waals surface area contributed by atoms with Crippen LogP contribution in [0.5, 0.6) is 0 Å². The Morgan fingerprint density at radius 3 is 2.70 bits per heavy atom. The smallest absolute Gasteiger partial charge is 0.237 e. The highest BCUT2D eigenvalue weighted by Crippen LogP contribution is 2.30. The quantitative estimate of drug-likeness (QED) is 0.653. The minimum atomic E-state index is -0.232. The molecule has 1 unspecified atom stereocenters. The second kappa shape index (κ2) is 5.89. The first-order chi connectivity index (χ1) is 9.58. The topological polar surface area (TPSA) is 63.4 Å². The third-order valence-corrected chi connectivity index (χ3v) is 3.41. The first-order valence-electron chi connectivity index (χ1n) is 6.77. The largest absolute Gasteiger partial charge is 0.320 e. The number of nitrogens with zero attached hydrogens (tertiary/aromatic N) is 1. The number of imide groups is 1. The number of carbonyl (C=O) groups is 2. The molecule has 104 valence electrons. The Hall–Kier alpha value is -2.12. The first-order valence-corrected chi connectivity index (χ1v) is 6.77. The lowest BCUT2D eigenvalue weighted by Crippen LogP contribution is -2.30. The van der Waals surface area contributed by atoms with Crippen LogP contribution in [0.4, 0.5) is 5.69 Å². The van der Waals surface area contributed by atoms with Crippen LogP contribution in [0.15, 0.2) is 18.2 Å². The summed E-state index contributed by atoms with van der Waals surface area (Å²) in [4.78, 5) is 25.4.